The summed E-state index contributed by atoms with van der Waals surface area (Å²) >= 11 is 0. The van der Waals surface area contributed by atoms with E-state index < -0.39 is 0 Å². The molecule has 1 aromatic heterocycles. The van der Waals surface area contributed by atoms with Gasteiger partial charge in [-0.25, -0.2) is 4.98 Å². The fourth-order valence-electron chi connectivity index (χ4n) is 3.43. The van der Waals surface area contributed by atoms with Crippen LogP contribution in [0, 0.1) is 5.92 Å². The SMILES string of the molecule is CC1CCN(c2nccc(N3CCc4ccccc43)n2)CC1. The predicted molar refractivity (Wildman–Crippen MR) is 89.8 cm³/mol. The fraction of sp³-hybridized carbons (Fsp3) is 0.444. The van der Waals surface area contributed by atoms with Crippen LogP contribution in [0.5, 0.6) is 0 Å². The molecule has 114 valence electrons. The molecule has 0 spiro atoms. The lowest BCUT2D eigenvalue weighted by Gasteiger charge is -2.30. The lowest BCUT2D eigenvalue weighted by molar-refractivity contribution is 0.434. The third-order valence-electron chi connectivity index (χ3n) is 4.86. The van der Waals surface area contributed by atoms with E-state index in [0.717, 1.165) is 43.7 Å². The zero-order valence-corrected chi connectivity index (χ0v) is 13.1. The summed E-state index contributed by atoms with van der Waals surface area (Å²) in [4.78, 5) is 14.0. The summed E-state index contributed by atoms with van der Waals surface area (Å²) < 4.78 is 0. The van der Waals surface area contributed by atoms with E-state index in [4.69, 9.17) is 4.98 Å². The Morgan fingerprint density at radius 3 is 2.73 bits per heavy atom. The van der Waals surface area contributed by atoms with E-state index in [-0.39, 0.29) is 0 Å². The van der Waals surface area contributed by atoms with Crippen molar-refractivity contribution in [3.8, 4) is 0 Å². The predicted octanol–water partition coefficient (Wildman–Crippen LogP) is 3.41. The fourth-order valence-corrected chi connectivity index (χ4v) is 3.43. The van der Waals surface area contributed by atoms with Crippen molar-refractivity contribution in [2.24, 2.45) is 5.92 Å². The van der Waals surface area contributed by atoms with Crippen molar-refractivity contribution in [2.45, 2.75) is 26.2 Å². The van der Waals surface area contributed by atoms with Gasteiger partial charge in [-0.15, -0.1) is 0 Å². The van der Waals surface area contributed by atoms with Gasteiger partial charge in [0, 0.05) is 31.5 Å². The molecule has 2 aromatic rings. The number of hydrogen-bond acceptors (Lipinski definition) is 4. The topological polar surface area (TPSA) is 32.3 Å². The Hall–Kier alpha value is -2.10. The number of rotatable bonds is 2. The number of benzene rings is 1. The molecule has 1 fully saturated rings. The van der Waals surface area contributed by atoms with E-state index in [1.807, 2.05) is 12.3 Å². The quantitative estimate of drug-likeness (QED) is 0.849. The van der Waals surface area contributed by atoms with Gasteiger partial charge < -0.3 is 9.80 Å². The van der Waals surface area contributed by atoms with E-state index in [1.165, 1.54) is 24.1 Å². The summed E-state index contributed by atoms with van der Waals surface area (Å²) in [6, 6.07) is 10.6. The molecule has 0 aliphatic carbocycles. The Bertz CT molecular complexity index is 662. The van der Waals surface area contributed by atoms with Crippen molar-refractivity contribution in [3.05, 3.63) is 42.1 Å². The molecule has 3 heterocycles. The lowest BCUT2D eigenvalue weighted by atomic mass is 10.00. The lowest BCUT2D eigenvalue weighted by Crippen LogP contribution is -2.34. The smallest absolute Gasteiger partial charge is 0.227 e. The Morgan fingerprint density at radius 1 is 1.05 bits per heavy atom. The molecule has 4 rings (SSSR count). The second-order valence-electron chi connectivity index (χ2n) is 6.41. The molecule has 1 saturated heterocycles. The van der Waals surface area contributed by atoms with Crippen molar-refractivity contribution in [1.82, 2.24) is 9.97 Å². The summed E-state index contributed by atoms with van der Waals surface area (Å²) in [5, 5.41) is 0. The largest absolute Gasteiger partial charge is 0.341 e. The van der Waals surface area contributed by atoms with Crippen molar-refractivity contribution in [3.63, 3.8) is 0 Å². The van der Waals surface area contributed by atoms with Gasteiger partial charge in [0.2, 0.25) is 5.95 Å². The Kier molecular flexibility index (Phi) is 3.45. The van der Waals surface area contributed by atoms with Crippen LogP contribution in [-0.2, 0) is 6.42 Å². The summed E-state index contributed by atoms with van der Waals surface area (Å²) in [6.07, 6.45) is 5.47. The summed E-state index contributed by atoms with van der Waals surface area (Å²) in [7, 11) is 0. The average molecular weight is 294 g/mol. The van der Waals surface area contributed by atoms with E-state index in [2.05, 4.69) is 46.0 Å². The molecule has 0 radical (unpaired) electrons. The maximum absolute atomic E-state index is 4.84. The van der Waals surface area contributed by atoms with Gasteiger partial charge in [0.25, 0.3) is 0 Å². The van der Waals surface area contributed by atoms with Crippen molar-refractivity contribution in [2.75, 3.05) is 29.4 Å². The van der Waals surface area contributed by atoms with Crippen molar-refractivity contribution < 1.29 is 0 Å². The van der Waals surface area contributed by atoms with Crippen LogP contribution in [-0.4, -0.2) is 29.6 Å². The number of para-hydroxylation sites is 1. The molecule has 0 bridgehead atoms. The van der Waals surface area contributed by atoms with Crippen LogP contribution in [0.1, 0.15) is 25.3 Å². The Balaban J connectivity index is 1.60. The molecule has 1 aromatic carbocycles. The maximum atomic E-state index is 4.84. The third-order valence-corrected chi connectivity index (χ3v) is 4.86. The monoisotopic (exact) mass is 294 g/mol. The molecule has 2 aliphatic heterocycles. The summed E-state index contributed by atoms with van der Waals surface area (Å²) in [5.74, 6) is 2.73. The minimum atomic E-state index is 0.824. The minimum absolute atomic E-state index is 0.824. The second-order valence-corrected chi connectivity index (χ2v) is 6.41. The molecule has 4 heteroatoms. The van der Waals surface area contributed by atoms with E-state index in [1.54, 1.807) is 0 Å². The van der Waals surface area contributed by atoms with Crippen LogP contribution < -0.4 is 9.80 Å². The number of fused-ring (bicyclic) bond motifs is 1. The number of hydrogen-bond donors (Lipinski definition) is 0. The molecule has 0 atom stereocenters. The highest BCUT2D eigenvalue weighted by molar-refractivity contribution is 5.67. The van der Waals surface area contributed by atoms with Gasteiger partial charge in [-0.2, -0.15) is 4.98 Å². The number of anilines is 3. The normalized spacial score (nSPS) is 18.6. The average Bonchev–Trinajstić information content (AvgIpc) is 3.00. The third kappa shape index (κ3) is 2.43. The first kappa shape index (κ1) is 13.6. The first-order chi connectivity index (χ1) is 10.8. The van der Waals surface area contributed by atoms with Gasteiger partial charge in [0.15, 0.2) is 0 Å². The first-order valence-corrected chi connectivity index (χ1v) is 8.25. The molecule has 0 unspecified atom stereocenters. The molecule has 0 N–H and O–H groups in total. The highest BCUT2D eigenvalue weighted by atomic mass is 15.3. The highest BCUT2D eigenvalue weighted by Gasteiger charge is 2.23. The molecular weight excluding hydrogens is 272 g/mol. The molecule has 22 heavy (non-hydrogen) atoms. The van der Waals surface area contributed by atoms with Crippen LogP contribution in [0.4, 0.5) is 17.5 Å². The highest BCUT2D eigenvalue weighted by Crippen LogP contribution is 2.33. The van der Waals surface area contributed by atoms with Crippen molar-refractivity contribution in [1.29, 1.82) is 0 Å². The maximum Gasteiger partial charge on any atom is 0.227 e. The minimum Gasteiger partial charge on any atom is -0.341 e. The van der Waals surface area contributed by atoms with Crippen molar-refractivity contribution >= 4 is 17.5 Å². The molecule has 4 nitrogen and oxygen atoms in total. The van der Waals surface area contributed by atoms with Crippen LogP contribution in [0.15, 0.2) is 36.5 Å². The van der Waals surface area contributed by atoms with Gasteiger partial charge in [0.1, 0.15) is 5.82 Å². The molecule has 0 amide bonds. The van der Waals surface area contributed by atoms with Crippen LogP contribution in [0.2, 0.25) is 0 Å². The zero-order valence-electron chi connectivity index (χ0n) is 13.1. The number of aromatic nitrogens is 2. The van der Waals surface area contributed by atoms with E-state index >= 15 is 0 Å². The van der Waals surface area contributed by atoms with Gasteiger partial charge in [-0.3, -0.25) is 0 Å². The Labute approximate surface area is 131 Å². The summed E-state index contributed by atoms with van der Waals surface area (Å²) in [6.45, 7) is 5.48. The van der Waals surface area contributed by atoms with Gasteiger partial charge in [-0.1, -0.05) is 25.1 Å². The number of piperidine rings is 1. The standard InChI is InChI=1S/C18H22N4/c1-14-7-11-21(12-8-14)18-19-10-6-17(20-18)22-13-9-15-4-2-3-5-16(15)22/h2-6,10,14H,7-9,11-13H2,1H3. The van der Waals surface area contributed by atoms with Gasteiger partial charge >= 0.3 is 0 Å². The van der Waals surface area contributed by atoms with Crippen LogP contribution >= 0.6 is 0 Å². The van der Waals surface area contributed by atoms with E-state index in [0.29, 0.717) is 0 Å². The molecular formula is C18H22N4. The Morgan fingerprint density at radius 2 is 1.86 bits per heavy atom. The van der Waals surface area contributed by atoms with Crippen LogP contribution in [0.25, 0.3) is 0 Å². The van der Waals surface area contributed by atoms with Gasteiger partial charge in [0.05, 0.1) is 0 Å². The first-order valence-electron chi connectivity index (χ1n) is 8.25. The molecule has 0 saturated carbocycles. The van der Waals surface area contributed by atoms with Crippen LogP contribution in [0.3, 0.4) is 0 Å². The number of nitrogens with zero attached hydrogens (tertiary/aromatic N) is 4. The van der Waals surface area contributed by atoms with E-state index in [9.17, 15) is 0 Å². The summed E-state index contributed by atoms with van der Waals surface area (Å²) in [5.41, 5.74) is 2.70. The zero-order chi connectivity index (χ0) is 14.9. The molecule has 2 aliphatic rings. The second kappa shape index (κ2) is 5.59. The van der Waals surface area contributed by atoms with Gasteiger partial charge in [-0.05, 0) is 42.9 Å².